The van der Waals surface area contributed by atoms with Gasteiger partial charge in [0.1, 0.15) is 6.29 Å². The van der Waals surface area contributed by atoms with Gasteiger partial charge in [-0.1, -0.05) is 0 Å². The molecule has 0 aliphatic carbocycles. The number of nitrogens with zero attached hydrogens (tertiary/aromatic N) is 1. The average Bonchev–Trinajstić information content (AvgIpc) is 2.46. The smallest absolute Gasteiger partial charge is 0.134 e. The highest BCUT2D eigenvalue weighted by Crippen LogP contribution is 2.36. The van der Waals surface area contributed by atoms with Crippen molar-refractivity contribution in [2.75, 3.05) is 6.54 Å². The fraction of sp³-hybridized carbons (Fsp3) is 0.875. The second-order valence-corrected chi connectivity index (χ2v) is 3.47. The molecule has 11 heavy (non-hydrogen) atoms. The third-order valence-corrected chi connectivity index (χ3v) is 2.93. The number of fused-ring (bicyclic) bond motifs is 2. The maximum atomic E-state index is 10.3. The summed E-state index contributed by atoms with van der Waals surface area (Å²) in [6.07, 6.45) is 3.87. The zero-order chi connectivity index (χ0) is 7.84. The Morgan fingerprint density at radius 1 is 1.55 bits per heavy atom. The lowest BCUT2D eigenvalue weighted by atomic mass is 9.98. The van der Waals surface area contributed by atoms with Crippen molar-refractivity contribution >= 4 is 6.29 Å². The molecule has 3 nitrogen and oxygen atoms in total. The highest BCUT2D eigenvalue weighted by atomic mass is 16.3. The summed E-state index contributed by atoms with van der Waals surface area (Å²) >= 11 is 0. The molecule has 3 atom stereocenters. The maximum Gasteiger partial charge on any atom is 0.134 e. The van der Waals surface area contributed by atoms with Gasteiger partial charge in [-0.2, -0.15) is 0 Å². The summed E-state index contributed by atoms with van der Waals surface area (Å²) in [4.78, 5) is 12.4. The van der Waals surface area contributed by atoms with E-state index in [-0.39, 0.29) is 12.1 Å². The van der Waals surface area contributed by atoms with Gasteiger partial charge in [0.15, 0.2) is 0 Å². The van der Waals surface area contributed by atoms with Gasteiger partial charge in [0.2, 0.25) is 0 Å². The van der Waals surface area contributed by atoms with E-state index in [1.54, 1.807) is 0 Å². The monoisotopic (exact) mass is 155 g/mol. The summed E-state index contributed by atoms with van der Waals surface area (Å²) in [5.41, 5.74) is 0. The van der Waals surface area contributed by atoms with Crippen LogP contribution in [0.5, 0.6) is 0 Å². The first-order valence-electron chi connectivity index (χ1n) is 4.20. The van der Waals surface area contributed by atoms with E-state index in [1.165, 1.54) is 0 Å². The Hall–Kier alpha value is -0.410. The zero-order valence-electron chi connectivity index (χ0n) is 6.44. The second kappa shape index (κ2) is 2.57. The van der Waals surface area contributed by atoms with Crippen LogP contribution in [-0.4, -0.2) is 41.0 Å². The van der Waals surface area contributed by atoms with Gasteiger partial charge in [-0.15, -0.1) is 0 Å². The predicted molar refractivity (Wildman–Crippen MR) is 40.2 cm³/mol. The quantitative estimate of drug-likeness (QED) is 0.561. The molecule has 0 aromatic heterocycles. The van der Waals surface area contributed by atoms with E-state index in [4.69, 9.17) is 0 Å². The zero-order valence-corrected chi connectivity index (χ0v) is 6.44. The second-order valence-electron chi connectivity index (χ2n) is 3.47. The van der Waals surface area contributed by atoms with E-state index >= 15 is 0 Å². The molecule has 3 heteroatoms. The summed E-state index contributed by atoms with van der Waals surface area (Å²) in [7, 11) is 0. The van der Waals surface area contributed by atoms with Crippen molar-refractivity contribution in [3.63, 3.8) is 0 Å². The Bertz CT molecular complexity index is 171. The number of hydrogen-bond donors (Lipinski definition) is 1. The summed E-state index contributed by atoms with van der Waals surface area (Å²) in [6, 6.07) is 0.769. The van der Waals surface area contributed by atoms with Gasteiger partial charge in [0.05, 0.1) is 12.6 Å². The minimum Gasteiger partial charge on any atom is -0.391 e. The van der Waals surface area contributed by atoms with Gasteiger partial charge in [0.25, 0.3) is 0 Å². The van der Waals surface area contributed by atoms with Gasteiger partial charge in [-0.25, -0.2) is 0 Å². The topological polar surface area (TPSA) is 40.5 Å². The SMILES string of the molecule is O=CCN1[C@H]2CC[C@@H]1[C@@H](O)C2. The number of aliphatic hydroxyl groups is 1. The predicted octanol–water partition coefficient (Wildman–Crippen LogP) is -0.217. The molecule has 0 unspecified atom stereocenters. The van der Waals surface area contributed by atoms with Crippen LogP contribution in [0.4, 0.5) is 0 Å². The molecule has 2 fully saturated rings. The summed E-state index contributed by atoms with van der Waals surface area (Å²) in [6.45, 7) is 0.506. The van der Waals surface area contributed by atoms with Crippen LogP contribution in [0.15, 0.2) is 0 Å². The number of carbonyl (C=O) groups is 1. The lowest BCUT2D eigenvalue weighted by Crippen LogP contribution is -2.33. The Labute approximate surface area is 66.0 Å². The van der Waals surface area contributed by atoms with E-state index in [1.807, 2.05) is 0 Å². The fourth-order valence-corrected chi connectivity index (χ4v) is 2.44. The lowest BCUT2D eigenvalue weighted by Gasteiger charge is -2.18. The fourth-order valence-electron chi connectivity index (χ4n) is 2.44. The number of aldehydes is 1. The molecule has 1 N–H and O–H groups in total. The van der Waals surface area contributed by atoms with Gasteiger partial charge in [-0.05, 0) is 19.3 Å². The lowest BCUT2D eigenvalue weighted by molar-refractivity contribution is -0.109. The van der Waals surface area contributed by atoms with Crippen LogP contribution in [0.3, 0.4) is 0 Å². The van der Waals surface area contributed by atoms with E-state index < -0.39 is 0 Å². The first kappa shape index (κ1) is 7.25. The van der Waals surface area contributed by atoms with E-state index in [9.17, 15) is 9.90 Å². The molecule has 0 aromatic rings. The van der Waals surface area contributed by atoms with E-state index in [2.05, 4.69) is 4.90 Å². The van der Waals surface area contributed by atoms with E-state index in [0.29, 0.717) is 12.6 Å². The van der Waals surface area contributed by atoms with Crippen molar-refractivity contribution in [3.8, 4) is 0 Å². The van der Waals surface area contributed by atoms with Crippen LogP contribution in [0.25, 0.3) is 0 Å². The standard InChI is InChI=1S/C8H13NO2/c10-4-3-9-6-1-2-7(9)8(11)5-6/h4,6-8,11H,1-3,5H2/t6-,7+,8-/m0/s1. The normalized spacial score (nSPS) is 43.2. The van der Waals surface area contributed by atoms with Gasteiger partial charge in [0, 0.05) is 12.1 Å². The Morgan fingerprint density at radius 2 is 2.36 bits per heavy atom. The summed E-state index contributed by atoms with van der Waals surface area (Å²) < 4.78 is 0. The highest BCUT2D eigenvalue weighted by Gasteiger charge is 2.44. The van der Waals surface area contributed by atoms with Crippen molar-refractivity contribution in [1.82, 2.24) is 4.90 Å². The molecular formula is C8H13NO2. The van der Waals surface area contributed by atoms with Gasteiger partial charge >= 0.3 is 0 Å². The van der Waals surface area contributed by atoms with Crippen molar-refractivity contribution in [1.29, 1.82) is 0 Å². The average molecular weight is 155 g/mol. The molecule has 2 rings (SSSR count). The van der Waals surface area contributed by atoms with Crippen LogP contribution in [0, 0.1) is 0 Å². The first-order chi connectivity index (χ1) is 5.33. The number of aliphatic hydroxyl groups excluding tert-OH is 1. The maximum absolute atomic E-state index is 10.3. The minimum absolute atomic E-state index is 0.173. The van der Waals surface area contributed by atoms with Crippen molar-refractivity contribution in [2.45, 2.75) is 37.5 Å². The van der Waals surface area contributed by atoms with Crippen molar-refractivity contribution in [2.24, 2.45) is 0 Å². The van der Waals surface area contributed by atoms with Crippen LogP contribution in [0.1, 0.15) is 19.3 Å². The van der Waals surface area contributed by atoms with Gasteiger partial charge < -0.3 is 9.90 Å². The Balaban J connectivity index is 2.06. The molecule has 0 radical (unpaired) electrons. The van der Waals surface area contributed by atoms with Crippen molar-refractivity contribution < 1.29 is 9.90 Å². The van der Waals surface area contributed by atoms with E-state index in [0.717, 1.165) is 25.5 Å². The Kier molecular flexibility index (Phi) is 1.69. The Morgan fingerprint density at radius 3 is 2.82 bits per heavy atom. The molecular weight excluding hydrogens is 142 g/mol. The number of carbonyl (C=O) groups excluding carboxylic acids is 1. The molecule has 0 aromatic carbocycles. The highest BCUT2D eigenvalue weighted by molar-refractivity contribution is 5.52. The molecule has 0 saturated carbocycles. The molecule has 2 aliphatic rings. The van der Waals surface area contributed by atoms with Crippen LogP contribution in [-0.2, 0) is 4.79 Å². The largest absolute Gasteiger partial charge is 0.391 e. The first-order valence-corrected chi connectivity index (χ1v) is 4.20. The molecule has 0 amide bonds. The number of hydrogen-bond acceptors (Lipinski definition) is 3. The minimum atomic E-state index is -0.173. The number of rotatable bonds is 2. The molecule has 62 valence electrons. The van der Waals surface area contributed by atoms with Crippen LogP contribution in [0.2, 0.25) is 0 Å². The molecule has 2 saturated heterocycles. The molecule has 2 aliphatic heterocycles. The van der Waals surface area contributed by atoms with Gasteiger partial charge in [-0.3, -0.25) is 4.90 Å². The third-order valence-electron chi connectivity index (χ3n) is 2.93. The van der Waals surface area contributed by atoms with Crippen LogP contribution >= 0.6 is 0 Å². The summed E-state index contributed by atoms with van der Waals surface area (Å²) in [5, 5.41) is 9.46. The molecule has 2 heterocycles. The van der Waals surface area contributed by atoms with Crippen LogP contribution < -0.4 is 0 Å². The van der Waals surface area contributed by atoms with Crippen molar-refractivity contribution in [3.05, 3.63) is 0 Å². The summed E-state index contributed by atoms with van der Waals surface area (Å²) in [5.74, 6) is 0. The molecule has 0 spiro atoms. The third kappa shape index (κ3) is 0.993. The molecule has 2 bridgehead atoms.